The number of carbonyl (C=O) groups excluding carboxylic acids is 3. The van der Waals surface area contributed by atoms with E-state index >= 15 is 0 Å². The van der Waals surface area contributed by atoms with Crippen LogP contribution in [0, 0.1) is 5.82 Å². The van der Waals surface area contributed by atoms with Crippen molar-refractivity contribution in [3.63, 3.8) is 0 Å². The van der Waals surface area contributed by atoms with Gasteiger partial charge in [0.15, 0.2) is 0 Å². The highest BCUT2D eigenvalue weighted by Crippen LogP contribution is 2.06. The third-order valence-electron chi connectivity index (χ3n) is 3.06. The number of benzene rings is 1. The molecule has 3 N–H and O–H groups in total. The highest BCUT2D eigenvalue weighted by molar-refractivity contribution is 5.91. The lowest BCUT2D eigenvalue weighted by molar-refractivity contribution is -0.120. The second-order valence-corrected chi connectivity index (χ2v) is 6.73. The third kappa shape index (κ3) is 11.4. The number of hydrogen-bond acceptors (Lipinski definition) is 4. The summed E-state index contributed by atoms with van der Waals surface area (Å²) < 4.78 is 17.8. The van der Waals surface area contributed by atoms with E-state index in [9.17, 15) is 18.8 Å². The van der Waals surface area contributed by atoms with Gasteiger partial charge in [-0.3, -0.25) is 9.59 Å². The van der Waals surface area contributed by atoms with Crippen molar-refractivity contribution < 1.29 is 23.5 Å². The Kier molecular flexibility index (Phi) is 8.98. The van der Waals surface area contributed by atoms with E-state index in [2.05, 4.69) is 16.0 Å². The maximum atomic E-state index is 12.8. The van der Waals surface area contributed by atoms with E-state index in [1.807, 2.05) is 0 Å². The zero-order valence-corrected chi connectivity index (χ0v) is 15.8. The molecule has 7 nitrogen and oxygen atoms in total. The van der Waals surface area contributed by atoms with Gasteiger partial charge in [0.05, 0.1) is 6.54 Å². The van der Waals surface area contributed by atoms with Gasteiger partial charge in [-0.25, -0.2) is 9.18 Å². The number of carbonyl (C=O) groups is 3. The van der Waals surface area contributed by atoms with Crippen molar-refractivity contribution in [1.29, 1.82) is 0 Å². The average molecular weight is 379 g/mol. The molecule has 3 amide bonds. The zero-order chi connectivity index (χ0) is 20.3. The van der Waals surface area contributed by atoms with Crippen LogP contribution in [0.15, 0.2) is 30.3 Å². The molecule has 0 bridgehead atoms. The largest absolute Gasteiger partial charge is 0.444 e. The summed E-state index contributed by atoms with van der Waals surface area (Å²) in [4.78, 5) is 34.6. The number of amides is 3. The number of rotatable bonds is 8. The van der Waals surface area contributed by atoms with Gasteiger partial charge in [0.2, 0.25) is 11.8 Å². The Labute approximate surface area is 158 Å². The van der Waals surface area contributed by atoms with Crippen LogP contribution in [0.3, 0.4) is 0 Å². The fraction of sp³-hybridized carbons (Fsp3) is 0.421. The normalized spacial score (nSPS) is 11.1. The molecule has 0 saturated heterocycles. The summed E-state index contributed by atoms with van der Waals surface area (Å²) in [6.07, 6.45) is 2.82. The van der Waals surface area contributed by atoms with Gasteiger partial charge in [-0.05, 0) is 51.0 Å². The van der Waals surface area contributed by atoms with Crippen molar-refractivity contribution >= 4 is 24.0 Å². The number of ether oxygens (including phenoxy) is 1. The van der Waals surface area contributed by atoms with Crippen molar-refractivity contribution in [2.24, 2.45) is 0 Å². The van der Waals surface area contributed by atoms with Crippen molar-refractivity contribution in [1.82, 2.24) is 16.0 Å². The van der Waals surface area contributed by atoms with E-state index in [4.69, 9.17) is 4.74 Å². The summed E-state index contributed by atoms with van der Waals surface area (Å²) >= 11 is 0. The molecule has 0 spiro atoms. The maximum Gasteiger partial charge on any atom is 0.408 e. The first kappa shape index (κ1) is 22.1. The number of halogens is 1. The molecule has 148 valence electrons. The summed E-state index contributed by atoms with van der Waals surface area (Å²) in [5, 5.41) is 7.66. The van der Waals surface area contributed by atoms with Gasteiger partial charge in [-0.1, -0.05) is 12.1 Å². The highest BCUT2D eigenvalue weighted by atomic mass is 19.1. The lowest BCUT2D eigenvalue weighted by Crippen LogP contribution is -2.40. The fourth-order valence-corrected chi connectivity index (χ4v) is 1.86. The van der Waals surface area contributed by atoms with Gasteiger partial charge in [-0.15, -0.1) is 0 Å². The molecule has 8 heteroatoms. The van der Waals surface area contributed by atoms with Crippen LogP contribution >= 0.6 is 0 Å². The van der Waals surface area contributed by atoms with E-state index in [1.165, 1.54) is 18.2 Å². The highest BCUT2D eigenvalue weighted by Gasteiger charge is 2.16. The van der Waals surface area contributed by atoms with Gasteiger partial charge < -0.3 is 20.7 Å². The summed E-state index contributed by atoms with van der Waals surface area (Å²) in [6, 6.07) is 5.77. The van der Waals surface area contributed by atoms with Gasteiger partial charge >= 0.3 is 6.09 Å². The number of alkyl carbamates (subject to hydrolysis) is 1. The Morgan fingerprint density at radius 2 is 1.67 bits per heavy atom. The summed E-state index contributed by atoms with van der Waals surface area (Å²) in [5.41, 5.74) is 0.0977. The van der Waals surface area contributed by atoms with Gasteiger partial charge in [-0.2, -0.15) is 0 Å². The van der Waals surface area contributed by atoms with Crippen LogP contribution in [0.25, 0.3) is 6.08 Å². The first-order valence-corrected chi connectivity index (χ1v) is 8.61. The topological polar surface area (TPSA) is 96.5 Å². The first-order valence-electron chi connectivity index (χ1n) is 8.61. The van der Waals surface area contributed by atoms with Crippen LogP contribution in [0.5, 0.6) is 0 Å². The molecule has 0 heterocycles. The fourth-order valence-electron chi connectivity index (χ4n) is 1.86. The lowest BCUT2D eigenvalue weighted by atomic mass is 10.2. The van der Waals surface area contributed by atoms with Gasteiger partial charge in [0.1, 0.15) is 11.4 Å². The van der Waals surface area contributed by atoms with Gasteiger partial charge in [0.25, 0.3) is 0 Å². The first-order chi connectivity index (χ1) is 12.7. The third-order valence-corrected chi connectivity index (χ3v) is 3.06. The molecule has 0 atom stereocenters. The molecular weight excluding hydrogens is 353 g/mol. The summed E-state index contributed by atoms with van der Waals surface area (Å²) in [7, 11) is 0. The Balaban J connectivity index is 2.12. The van der Waals surface area contributed by atoms with E-state index in [0.717, 1.165) is 5.56 Å². The van der Waals surface area contributed by atoms with Crippen LogP contribution in [0.2, 0.25) is 0 Å². The molecule has 0 unspecified atom stereocenters. The summed E-state index contributed by atoms with van der Waals surface area (Å²) in [5.74, 6) is -0.958. The molecule has 0 aliphatic carbocycles. The predicted octanol–water partition coefficient (Wildman–Crippen LogP) is 1.99. The standard InChI is InChI=1S/C19H26FN3O4/c1-19(2,3)27-18(26)23-13-17(25)22-12-4-11-21-16(24)10-7-14-5-8-15(20)9-6-14/h5-10H,4,11-13H2,1-3H3,(H,21,24)(H,22,25)(H,23,26)/b10-7+. The van der Waals surface area contributed by atoms with Crippen LogP contribution in [0.1, 0.15) is 32.8 Å². The van der Waals surface area contributed by atoms with Crippen LogP contribution in [-0.2, 0) is 14.3 Å². The number of hydrogen-bond donors (Lipinski definition) is 3. The van der Waals surface area contributed by atoms with Crippen molar-refractivity contribution in [2.45, 2.75) is 32.8 Å². The van der Waals surface area contributed by atoms with E-state index < -0.39 is 11.7 Å². The van der Waals surface area contributed by atoms with Crippen LogP contribution in [-0.4, -0.2) is 43.1 Å². The molecule has 0 fully saturated rings. The molecule has 0 aromatic heterocycles. The average Bonchev–Trinajstić information content (AvgIpc) is 2.57. The van der Waals surface area contributed by atoms with Crippen molar-refractivity contribution in [3.8, 4) is 0 Å². The predicted molar refractivity (Wildman–Crippen MR) is 100 cm³/mol. The van der Waals surface area contributed by atoms with Crippen LogP contribution < -0.4 is 16.0 Å². The minimum atomic E-state index is -0.655. The number of nitrogens with one attached hydrogen (secondary N) is 3. The Morgan fingerprint density at radius 1 is 1.04 bits per heavy atom. The minimum Gasteiger partial charge on any atom is -0.444 e. The van der Waals surface area contributed by atoms with Crippen molar-refractivity contribution in [2.75, 3.05) is 19.6 Å². The molecule has 0 saturated carbocycles. The SMILES string of the molecule is CC(C)(C)OC(=O)NCC(=O)NCCCNC(=O)/C=C/c1ccc(F)cc1. The molecular formula is C19H26FN3O4. The monoisotopic (exact) mass is 379 g/mol. The van der Waals surface area contributed by atoms with E-state index in [0.29, 0.717) is 19.5 Å². The Morgan fingerprint density at radius 3 is 2.30 bits per heavy atom. The maximum absolute atomic E-state index is 12.8. The molecule has 1 aromatic carbocycles. The zero-order valence-electron chi connectivity index (χ0n) is 15.8. The summed E-state index contributed by atoms with van der Waals surface area (Å²) in [6.45, 7) is 5.76. The second-order valence-electron chi connectivity index (χ2n) is 6.73. The molecule has 0 aliphatic heterocycles. The Bertz CT molecular complexity index is 667. The quantitative estimate of drug-likeness (QED) is 0.475. The lowest BCUT2D eigenvalue weighted by Gasteiger charge is -2.19. The van der Waals surface area contributed by atoms with Crippen LogP contribution in [0.4, 0.5) is 9.18 Å². The molecule has 0 aliphatic rings. The molecule has 0 radical (unpaired) electrons. The molecule has 27 heavy (non-hydrogen) atoms. The van der Waals surface area contributed by atoms with Crippen molar-refractivity contribution in [3.05, 3.63) is 41.7 Å². The molecule has 1 rings (SSSR count). The van der Waals surface area contributed by atoms with Gasteiger partial charge in [0, 0.05) is 19.2 Å². The smallest absolute Gasteiger partial charge is 0.408 e. The molecule has 1 aromatic rings. The van der Waals surface area contributed by atoms with E-state index in [1.54, 1.807) is 39.0 Å². The Hall–Kier alpha value is -2.90. The minimum absolute atomic E-state index is 0.179. The van der Waals surface area contributed by atoms with E-state index in [-0.39, 0.29) is 24.2 Å². The second kappa shape index (κ2) is 10.9.